The lowest BCUT2D eigenvalue weighted by atomic mass is 10.2. The van der Waals surface area contributed by atoms with E-state index in [9.17, 15) is 8.42 Å². The second-order valence-electron chi connectivity index (χ2n) is 7.18. The monoisotopic (exact) mass is 465 g/mol. The molecule has 0 unspecified atom stereocenters. The first-order valence-electron chi connectivity index (χ1n) is 9.42. The van der Waals surface area contributed by atoms with E-state index in [1.54, 1.807) is 12.1 Å². The minimum atomic E-state index is -3.99. The molecule has 0 radical (unpaired) electrons. The van der Waals surface area contributed by atoms with E-state index in [0.717, 1.165) is 30.5 Å². The summed E-state index contributed by atoms with van der Waals surface area (Å²) >= 11 is 12.3. The molecule has 10 heteroatoms. The van der Waals surface area contributed by atoms with Crippen LogP contribution in [0.5, 0.6) is 0 Å². The van der Waals surface area contributed by atoms with E-state index in [1.165, 1.54) is 13.1 Å². The van der Waals surface area contributed by atoms with E-state index in [4.69, 9.17) is 23.2 Å². The highest BCUT2D eigenvalue weighted by atomic mass is 35.5. The number of nitrogens with zero attached hydrogens (tertiary/aromatic N) is 5. The van der Waals surface area contributed by atoms with Gasteiger partial charge >= 0.3 is 0 Å². The van der Waals surface area contributed by atoms with Crippen LogP contribution in [0.1, 0.15) is 0 Å². The highest BCUT2D eigenvalue weighted by Gasteiger charge is 2.28. The average Bonchev–Trinajstić information content (AvgIpc) is 2.74. The summed E-state index contributed by atoms with van der Waals surface area (Å²) in [5.41, 5.74) is 0.677. The Morgan fingerprint density at radius 1 is 0.967 bits per heavy atom. The molecule has 1 fully saturated rings. The predicted octanol–water partition coefficient (Wildman–Crippen LogP) is 3.51. The zero-order valence-electron chi connectivity index (χ0n) is 16.6. The van der Waals surface area contributed by atoms with Gasteiger partial charge in [0.1, 0.15) is 4.90 Å². The van der Waals surface area contributed by atoms with Gasteiger partial charge in [0, 0.05) is 38.6 Å². The Kier molecular flexibility index (Phi) is 5.76. The molecule has 2 aromatic carbocycles. The van der Waals surface area contributed by atoms with Crippen LogP contribution in [0.2, 0.25) is 10.0 Å². The van der Waals surface area contributed by atoms with Crippen molar-refractivity contribution in [2.45, 2.75) is 4.90 Å². The largest absolute Gasteiger partial charge is 0.338 e. The number of likely N-dealkylation sites (N-methyl/N-ethyl adjacent to an activating group) is 1. The SMILES string of the molecule is CN1CCN(c2nc(N(C)S(=O)(=O)c3cccc(Cl)c3Cl)c3ccccc3n2)CC1. The van der Waals surface area contributed by atoms with Gasteiger partial charge < -0.3 is 9.80 Å². The molecule has 0 N–H and O–H groups in total. The van der Waals surface area contributed by atoms with Gasteiger partial charge in [0.2, 0.25) is 5.95 Å². The van der Waals surface area contributed by atoms with Crippen molar-refractivity contribution in [1.29, 1.82) is 0 Å². The molecule has 1 saturated heterocycles. The summed E-state index contributed by atoms with van der Waals surface area (Å²) in [6.45, 7) is 3.31. The van der Waals surface area contributed by atoms with Gasteiger partial charge in [0.15, 0.2) is 5.82 Å². The first-order chi connectivity index (χ1) is 14.3. The maximum absolute atomic E-state index is 13.4. The molecule has 7 nitrogen and oxygen atoms in total. The molecule has 1 aliphatic rings. The topological polar surface area (TPSA) is 69.6 Å². The molecule has 0 atom stereocenters. The van der Waals surface area contributed by atoms with Crippen LogP contribution in [0.4, 0.5) is 11.8 Å². The standard InChI is InChI=1S/C20H21Cl2N5O2S/c1-25-10-12-27(13-11-25)20-23-16-8-4-3-6-14(16)19(24-20)26(2)30(28,29)17-9-5-7-15(21)18(17)22/h3-9H,10-13H2,1-2H3. The number of fused-ring (bicyclic) bond motifs is 1. The number of benzene rings is 2. The number of hydrogen-bond acceptors (Lipinski definition) is 6. The van der Waals surface area contributed by atoms with E-state index in [0.29, 0.717) is 22.7 Å². The maximum atomic E-state index is 13.4. The summed E-state index contributed by atoms with van der Waals surface area (Å²) < 4.78 is 27.9. The lowest BCUT2D eigenvalue weighted by molar-refractivity contribution is 0.311. The summed E-state index contributed by atoms with van der Waals surface area (Å²) in [6, 6.07) is 11.9. The van der Waals surface area contributed by atoms with Crippen molar-refractivity contribution in [3.63, 3.8) is 0 Å². The lowest BCUT2D eigenvalue weighted by Crippen LogP contribution is -2.45. The highest BCUT2D eigenvalue weighted by Crippen LogP contribution is 2.34. The fourth-order valence-electron chi connectivity index (χ4n) is 3.38. The number of para-hydroxylation sites is 1. The molecule has 0 bridgehead atoms. The Morgan fingerprint density at radius 3 is 2.40 bits per heavy atom. The summed E-state index contributed by atoms with van der Waals surface area (Å²) in [6.07, 6.45) is 0. The van der Waals surface area contributed by atoms with Crippen molar-refractivity contribution in [3.8, 4) is 0 Å². The number of halogens is 2. The van der Waals surface area contributed by atoms with E-state index in [2.05, 4.69) is 26.8 Å². The van der Waals surface area contributed by atoms with Gasteiger partial charge in [-0.1, -0.05) is 41.4 Å². The molecule has 0 amide bonds. The van der Waals surface area contributed by atoms with Crippen LogP contribution in [0.25, 0.3) is 10.9 Å². The molecule has 4 rings (SSSR count). The smallest absolute Gasteiger partial charge is 0.266 e. The lowest BCUT2D eigenvalue weighted by Gasteiger charge is -2.33. The van der Waals surface area contributed by atoms with Crippen molar-refractivity contribution in [2.24, 2.45) is 0 Å². The highest BCUT2D eigenvalue weighted by molar-refractivity contribution is 7.93. The maximum Gasteiger partial charge on any atom is 0.266 e. The molecule has 0 saturated carbocycles. The van der Waals surface area contributed by atoms with Gasteiger partial charge in [-0.05, 0) is 31.3 Å². The summed E-state index contributed by atoms with van der Waals surface area (Å²) in [5, 5.41) is 0.806. The van der Waals surface area contributed by atoms with Gasteiger partial charge in [-0.3, -0.25) is 4.31 Å². The first-order valence-corrected chi connectivity index (χ1v) is 11.6. The molecular formula is C20H21Cl2N5O2S. The van der Waals surface area contributed by atoms with Crippen molar-refractivity contribution < 1.29 is 8.42 Å². The van der Waals surface area contributed by atoms with Crippen molar-refractivity contribution in [1.82, 2.24) is 14.9 Å². The van der Waals surface area contributed by atoms with E-state index in [1.807, 2.05) is 24.3 Å². The molecule has 0 spiro atoms. The molecule has 2 heterocycles. The normalized spacial score (nSPS) is 15.5. The van der Waals surface area contributed by atoms with Gasteiger partial charge in [-0.25, -0.2) is 13.4 Å². The molecule has 158 valence electrons. The Balaban J connectivity index is 1.83. The zero-order chi connectivity index (χ0) is 21.5. The second kappa shape index (κ2) is 8.19. The average molecular weight is 466 g/mol. The minimum Gasteiger partial charge on any atom is -0.338 e. The van der Waals surface area contributed by atoms with Crippen LogP contribution in [0.15, 0.2) is 47.4 Å². The van der Waals surface area contributed by atoms with Crippen LogP contribution in [0.3, 0.4) is 0 Å². The van der Waals surface area contributed by atoms with E-state index >= 15 is 0 Å². The fourth-order valence-corrected chi connectivity index (χ4v) is 5.28. The quantitative estimate of drug-likeness (QED) is 0.586. The Hall–Kier alpha value is -2.13. The number of aromatic nitrogens is 2. The third kappa shape index (κ3) is 3.80. The van der Waals surface area contributed by atoms with Crippen LogP contribution < -0.4 is 9.21 Å². The number of hydrogen-bond donors (Lipinski definition) is 0. The Bertz CT molecular complexity index is 1200. The molecule has 1 aromatic heterocycles. The molecular weight excluding hydrogens is 445 g/mol. The predicted molar refractivity (Wildman–Crippen MR) is 121 cm³/mol. The first kappa shape index (κ1) is 21.1. The van der Waals surface area contributed by atoms with Gasteiger partial charge in [0.25, 0.3) is 10.0 Å². The van der Waals surface area contributed by atoms with Crippen molar-refractivity contribution in [3.05, 3.63) is 52.5 Å². The summed E-state index contributed by atoms with van der Waals surface area (Å²) in [7, 11) is -0.457. The van der Waals surface area contributed by atoms with Crippen LogP contribution >= 0.6 is 23.2 Å². The van der Waals surface area contributed by atoms with E-state index in [-0.39, 0.29) is 14.9 Å². The third-order valence-electron chi connectivity index (χ3n) is 5.21. The Labute approximate surface area is 185 Å². The zero-order valence-corrected chi connectivity index (χ0v) is 18.9. The number of anilines is 2. The molecule has 30 heavy (non-hydrogen) atoms. The van der Waals surface area contributed by atoms with Gasteiger partial charge in [-0.15, -0.1) is 0 Å². The number of sulfonamides is 1. The summed E-state index contributed by atoms with van der Waals surface area (Å²) in [5.74, 6) is 0.807. The van der Waals surface area contributed by atoms with Crippen LogP contribution in [0, 0.1) is 0 Å². The van der Waals surface area contributed by atoms with Crippen LogP contribution in [-0.4, -0.2) is 63.6 Å². The van der Waals surface area contributed by atoms with Crippen molar-refractivity contribution >= 4 is 55.9 Å². The van der Waals surface area contributed by atoms with Gasteiger partial charge in [0.05, 0.1) is 15.6 Å². The number of rotatable bonds is 4. The molecule has 3 aromatic rings. The number of piperazine rings is 1. The minimum absolute atomic E-state index is 0.0105. The summed E-state index contributed by atoms with van der Waals surface area (Å²) in [4.78, 5) is 13.6. The van der Waals surface area contributed by atoms with E-state index < -0.39 is 10.0 Å². The fraction of sp³-hybridized carbons (Fsp3) is 0.300. The van der Waals surface area contributed by atoms with Gasteiger partial charge in [-0.2, -0.15) is 4.98 Å². The van der Waals surface area contributed by atoms with Crippen LogP contribution in [-0.2, 0) is 10.0 Å². The second-order valence-corrected chi connectivity index (χ2v) is 9.90. The Morgan fingerprint density at radius 2 is 1.67 bits per heavy atom. The van der Waals surface area contributed by atoms with Crippen molar-refractivity contribution in [2.75, 3.05) is 49.5 Å². The molecule has 1 aliphatic heterocycles. The third-order valence-corrected chi connectivity index (χ3v) is 7.93. The molecule has 0 aliphatic carbocycles.